The number of fused-ring (bicyclic) bond motifs is 1. The van der Waals surface area contributed by atoms with Crippen LogP contribution in [0.1, 0.15) is 31.8 Å². The lowest BCUT2D eigenvalue weighted by Gasteiger charge is -2.29. The Morgan fingerprint density at radius 3 is 2.49 bits per heavy atom. The van der Waals surface area contributed by atoms with E-state index >= 15 is 0 Å². The van der Waals surface area contributed by atoms with Crippen LogP contribution in [0.3, 0.4) is 0 Å². The zero-order chi connectivity index (χ0) is 25.8. The second kappa shape index (κ2) is 10.5. The molecule has 4 aromatic rings. The SMILES string of the molecule is O=C(Nc1ncccn1)c1ccc(CN2C(=O)c3ccc(Cl)cc3NC(=O)[C@H]2Cc2cccnc2)cc1. The summed E-state index contributed by atoms with van der Waals surface area (Å²) < 4.78 is 0. The van der Waals surface area contributed by atoms with Gasteiger partial charge in [0, 0.05) is 48.3 Å². The molecule has 5 rings (SSSR count). The fourth-order valence-electron chi connectivity index (χ4n) is 4.08. The lowest BCUT2D eigenvalue weighted by Crippen LogP contribution is -2.46. The van der Waals surface area contributed by atoms with Crippen LogP contribution in [0, 0.1) is 0 Å². The molecule has 3 amide bonds. The van der Waals surface area contributed by atoms with Crippen LogP contribution in [-0.4, -0.2) is 43.6 Å². The zero-order valence-corrected chi connectivity index (χ0v) is 20.2. The van der Waals surface area contributed by atoms with Crippen molar-refractivity contribution in [3.63, 3.8) is 0 Å². The van der Waals surface area contributed by atoms with Gasteiger partial charge in [0.2, 0.25) is 11.9 Å². The van der Waals surface area contributed by atoms with E-state index in [4.69, 9.17) is 11.6 Å². The first-order valence-electron chi connectivity index (χ1n) is 11.5. The number of hydrogen-bond donors (Lipinski definition) is 2. The molecule has 0 saturated carbocycles. The minimum Gasteiger partial charge on any atom is -0.323 e. The van der Waals surface area contributed by atoms with Gasteiger partial charge in [-0.2, -0.15) is 0 Å². The Bertz CT molecular complexity index is 1450. The number of carbonyl (C=O) groups excluding carboxylic acids is 3. The molecular weight excluding hydrogens is 492 g/mol. The van der Waals surface area contributed by atoms with Gasteiger partial charge in [0.1, 0.15) is 6.04 Å². The van der Waals surface area contributed by atoms with Gasteiger partial charge >= 0.3 is 0 Å². The Morgan fingerprint density at radius 2 is 1.76 bits per heavy atom. The number of benzene rings is 2. The third-order valence-corrected chi connectivity index (χ3v) is 6.16. The highest BCUT2D eigenvalue weighted by molar-refractivity contribution is 6.31. The number of aromatic nitrogens is 3. The number of amides is 3. The van der Waals surface area contributed by atoms with E-state index in [1.165, 1.54) is 17.3 Å². The first kappa shape index (κ1) is 24.1. The van der Waals surface area contributed by atoms with Crippen molar-refractivity contribution in [1.82, 2.24) is 19.9 Å². The van der Waals surface area contributed by atoms with Crippen molar-refractivity contribution < 1.29 is 14.4 Å². The molecule has 1 aliphatic heterocycles. The zero-order valence-electron chi connectivity index (χ0n) is 19.5. The van der Waals surface area contributed by atoms with Gasteiger partial charge in [0.05, 0.1) is 11.3 Å². The maximum absolute atomic E-state index is 13.7. The normalized spacial score (nSPS) is 14.9. The Morgan fingerprint density at radius 1 is 0.973 bits per heavy atom. The van der Waals surface area contributed by atoms with Crippen LogP contribution in [0.15, 0.2) is 85.5 Å². The Labute approximate surface area is 217 Å². The summed E-state index contributed by atoms with van der Waals surface area (Å²) in [5.41, 5.74) is 2.70. The van der Waals surface area contributed by atoms with E-state index in [9.17, 15) is 14.4 Å². The summed E-state index contributed by atoms with van der Waals surface area (Å²) in [6, 6.07) is 16.1. The molecule has 1 aliphatic rings. The van der Waals surface area contributed by atoms with Crippen LogP contribution in [0.4, 0.5) is 11.6 Å². The quantitative estimate of drug-likeness (QED) is 0.403. The lowest BCUT2D eigenvalue weighted by molar-refractivity contribution is -0.120. The predicted molar refractivity (Wildman–Crippen MR) is 138 cm³/mol. The van der Waals surface area contributed by atoms with Gasteiger partial charge in [-0.3, -0.25) is 24.7 Å². The molecule has 1 atom stereocenters. The molecule has 2 N–H and O–H groups in total. The van der Waals surface area contributed by atoms with E-state index in [0.29, 0.717) is 21.8 Å². The summed E-state index contributed by atoms with van der Waals surface area (Å²) in [5.74, 6) is -0.781. The third kappa shape index (κ3) is 5.46. The molecule has 0 unspecified atom stereocenters. The summed E-state index contributed by atoms with van der Waals surface area (Å²) in [6.45, 7) is 0.156. The average Bonchev–Trinajstić information content (AvgIpc) is 3.00. The molecule has 3 heterocycles. The van der Waals surface area contributed by atoms with Crippen molar-refractivity contribution in [2.24, 2.45) is 0 Å². The fourth-order valence-corrected chi connectivity index (χ4v) is 4.25. The molecule has 9 nitrogen and oxygen atoms in total. The van der Waals surface area contributed by atoms with Gasteiger partial charge in [-0.25, -0.2) is 9.97 Å². The van der Waals surface area contributed by atoms with E-state index in [2.05, 4.69) is 25.6 Å². The standard InChI is InChI=1S/C27H21ClN6O3/c28-20-8-9-21-22(14-20)32-25(36)23(13-18-3-1-10-29-15-18)34(26(21)37)16-17-4-6-19(7-5-17)24(35)33-27-30-11-2-12-31-27/h1-12,14-15,23H,13,16H2,(H,32,36)(H,30,31,33,35)/t23-/m1/s1. The highest BCUT2D eigenvalue weighted by atomic mass is 35.5. The molecular formula is C27H21ClN6O3. The largest absolute Gasteiger partial charge is 0.323 e. The smallest absolute Gasteiger partial charge is 0.258 e. The maximum atomic E-state index is 13.7. The second-order valence-corrected chi connectivity index (χ2v) is 8.85. The molecule has 0 aliphatic carbocycles. The molecule has 184 valence electrons. The number of carbonyl (C=O) groups is 3. The van der Waals surface area contributed by atoms with E-state index in [-0.39, 0.29) is 36.6 Å². The van der Waals surface area contributed by atoms with Crippen molar-refractivity contribution in [2.75, 3.05) is 10.6 Å². The van der Waals surface area contributed by atoms with Crippen LogP contribution in [0.5, 0.6) is 0 Å². The fraction of sp³-hybridized carbons (Fsp3) is 0.111. The van der Waals surface area contributed by atoms with E-state index in [1.54, 1.807) is 67.0 Å². The van der Waals surface area contributed by atoms with E-state index in [0.717, 1.165) is 11.1 Å². The van der Waals surface area contributed by atoms with Gasteiger partial charge in [0.15, 0.2) is 0 Å². The van der Waals surface area contributed by atoms with Crippen LogP contribution < -0.4 is 10.6 Å². The first-order chi connectivity index (χ1) is 18.0. The number of nitrogens with zero attached hydrogens (tertiary/aromatic N) is 4. The van der Waals surface area contributed by atoms with Gasteiger partial charge in [0.25, 0.3) is 11.8 Å². The number of anilines is 2. The summed E-state index contributed by atoms with van der Waals surface area (Å²) in [5, 5.41) is 5.91. The minimum atomic E-state index is -0.791. The summed E-state index contributed by atoms with van der Waals surface area (Å²) in [6.07, 6.45) is 6.68. The summed E-state index contributed by atoms with van der Waals surface area (Å²) >= 11 is 6.12. The van der Waals surface area contributed by atoms with Crippen LogP contribution in [0.25, 0.3) is 0 Å². The monoisotopic (exact) mass is 512 g/mol. The predicted octanol–water partition coefficient (Wildman–Crippen LogP) is 3.98. The van der Waals surface area contributed by atoms with Gasteiger partial charge in [-0.15, -0.1) is 0 Å². The summed E-state index contributed by atoms with van der Waals surface area (Å²) in [4.78, 5) is 53.2. The van der Waals surface area contributed by atoms with Crippen molar-refractivity contribution >= 4 is 41.0 Å². The molecule has 0 fully saturated rings. The van der Waals surface area contributed by atoms with Crippen LogP contribution >= 0.6 is 11.6 Å². The van der Waals surface area contributed by atoms with Crippen molar-refractivity contribution in [3.8, 4) is 0 Å². The summed E-state index contributed by atoms with van der Waals surface area (Å²) in [7, 11) is 0. The van der Waals surface area contributed by atoms with Crippen molar-refractivity contribution in [3.05, 3.63) is 113 Å². The van der Waals surface area contributed by atoms with Gasteiger partial charge < -0.3 is 10.2 Å². The Kier molecular flexibility index (Phi) is 6.87. The van der Waals surface area contributed by atoms with Crippen molar-refractivity contribution in [2.45, 2.75) is 19.0 Å². The van der Waals surface area contributed by atoms with E-state index < -0.39 is 6.04 Å². The molecule has 2 aromatic carbocycles. The molecule has 0 saturated heterocycles. The maximum Gasteiger partial charge on any atom is 0.258 e. The highest BCUT2D eigenvalue weighted by Crippen LogP contribution is 2.28. The number of rotatable bonds is 6. The minimum absolute atomic E-state index is 0.156. The first-order valence-corrected chi connectivity index (χ1v) is 11.8. The van der Waals surface area contributed by atoms with Crippen molar-refractivity contribution in [1.29, 1.82) is 0 Å². The third-order valence-electron chi connectivity index (χ3n) is 5.92. The number of nitrogens with one attached hydrogen (secondary N) is 2. The molecule has 10 heteroatoms. The van der Waals surface area contributed by atoms with E-state index in [1.807, 2.05) is 6.07 Å². The highest BCUT2D eigenvalue weighted by Gasteiger charge is 2.35. The molecule has 0 radical (unpaired) electrons. The molecule has 0 spiro atoms. The Hall–Kier alpha value is -4.63. The number of halogens is 1. The second-order valence-electron chi connectivity index (χ2n) is 8.42. The molecule has 37 heavy (non-hydrogen) atoms. The van der Waals surface area contributed by atoms with Gasteiger partial charge in [-0.05, 0) is 53.6 Å². The number of pyridine rings is 1. The van der Waals surface area contributed by atoms with Crippen LogP contribution in [-0.2, 0) is 17.8 Å². The lowest BCUT2D eigenvalue weighted by atomic mass is 10.0. The number of hydrogen-bond acceptors (Lipinski definition) is 6. The average molecular weight is 513 g/mol. The van der Waals surface area contributed by atoms with Gasteiger partial charge in [-0.1, -0.05) is 29.8 Å². The molecule has 0 bridgehead atoms. The Balaban J connectivity index is 1.42. The van der Waals surface area contributed by atoms with Crippen LogP contribution in [0.2, 0.25) is 5.02 Å². The topological polar surface area (TPSA) is 117 Å². The molecule has 2 aromatic heterocycles.